The number of hydrogen-bond acceptors (Lipinski definition) is 4. The van der Waals surface area contributed by atoms with Crippen molar-refractivity contribution in [2.75, 3.05) is 16.6 Å². The van der Waals surface area contributed by atoms with Crippen LogP contribution in [0.1, 0.15) is 6.92 Å². The van der Waals surface area contributed by atoms with E-state index in [2.05, 4.69) is 31.0 Å². The molecule has 0 saturated heterocycles. The number of hydrogen-bond donors (Lipinski definition) is 2. The number of nitrogens with one attached hydrogen (secondary N) is 2. The third-order valence-electron chi connectivity index (χ3n) is 2.60. The Balaban J connectivity index is 2.44. The van der Waals surface area contributed by atoms with Crippen LogP contribution in [0.2, 0.25) is 0 Å². The highest BCUT2D eigenvalue weighted by Gasteiger charge is 2.21. The van der Waals surface area contributed by atoms with E-state index in [1.165, 1.54) is 30.5 Å². The molecule has 2 aromatic rings. The molecule has 2 rings (SSSR count). The molecule has 0 aliphatic rings. The first-order valence-corrected chi connectivity index (χ1v) is 8.39. The van der Waals surface area contributed by atoms with Crippen molar-refractivity contribution in [1.29, 1.82) is 0 Å². The lowest BCUT2D eigenvalue weighted by molar-refractivity contribution is 0.598. The summed E-state index contributed by atoms with van der Waals surface area (Å²) >= 11 is 3.12. The highest BCUT2D eigenvalue weighted by molar-refractivity contribution is 9.10. The van der Waals surface area contributed by atoms with E-state index in [0.29, 0.717) is 11.0 Å². The molecule has 0 fully saturated rings. The molecule has 5 nitrogen and oxygen atoms in total. The fourth-order valence-electron chi connectivity index (χ4n) is 1.69. The van der Waals surface area contributed by atoms with Gasteiger partial charge in [0.1, 0.15) is 16.5 Å². The number of pyridine rings is 1. The summed E-state index contributed by atoms with van der Waals surface area (Å²) in [7, 11) is -3.96. The van der Waals surface area contributed by atoms with Gasteiger partial charge in [0, 0.05) is 17.2 Å². The number of nitrogens with zero attached hydrogens (tertiary/aromatic N) is 1. The molecule has 8 heteroatoms. The number of sulfonamides is 1. The van der Waals surface area contributed by atoms with Crippen LogP contribution in [0.3, 0.4) is 0 Å². The van der Waals surface area contributed by atoms with Gasteiger partial charge in [-0.15, -0.1) is 0 Å². The first kappa shape index (κ1) is 15.7. The summed E-state index contributed by atoms with van der Waals surface area (Å²) in [5.74, 6) is -0.443. The summed E-state index contributed by atoms with van der Waals surface area (Å²) in [6.07, 6.45) is 1.48. The zero-order valence-electron chi connectivity index (χ0n) is 11.1. The number of halogens is 2. The SMILES string of the molecule is CCNc1ncccc1S(=O)(=O)Nc1c(F)cccc1Br. The molecule has 0 aliphatic heterocycles. The zero-order valence-corrected chi connectivity index (χ0v) is 13.5. The molecule has 0 atom stereocenters. The van der Waals surface area contributed by atoms with Crippen molar-refractivity contribution in [3.63, 3.8) is 0 Å². The molecule has 1 heterocycles. The van der Waals surface area contributed by atoms with Gasteiger partial charge in [0.2, 0.25) is 0 Å². The summed E-state index contributed by atoms with van der Waals surface area (Å²) in [4.78, 5) is 3.95. The highest BCUT2D eigenvalue weighted by atomic mass is 79.9. The summed E-state index contributed by atoms with van der Waals surface area (Å²) in [6.45, 7) is 2.34. The Morgan fingerprint density at radius 3 is 2.71 bits per heavy atom. The minimum atomic E-state index is -3.96. The zero-order chi connectivity index (χ0) is 15.5. The fraction of sp³-hybridized carbons (Fsp3) is 0.154. The average molecular weight is 374 g/mol. The molecule has 0 unspecified atom stereocenters. The second-order valence-electron chi connectivity index (χ2n) is 4.08. The van der Waals surface area contributed by atoms with Gasteiger partial charge < -0.3 is 5.32 Å². The number of anilines is 2. The third kappa shape index (κ3) is 3.51. The molecule has 0 saturated carbocycles. The average Bonchev–Trinajstić information content (AvgIpc) is 2.44. The van der Waals surface area contributed by atoms with E-state index >= 15 is 0 Å². The lowest BCUT2D eigenvalue weighted by Gasteiger charge is -2.13. The van der Waals surface area contributed by atoms with Gasteiger partial charge in [0.25, 0.3) is 10.0 Å². The second kappa shape index (κ2) is 6.40. The van der Waals surface area contributed by atoms with Crippen LogP contribution in [0.4, 0.5) is 15.9 Å². The third-order valence-corrected chi connectivity index (χ3v) is 4.65. The molecule has 0 amide bonds. The molecule has 1 aromatic heterocycles. The van der Waals surface area contributed by atoms with Crippen molar-refractivity contribution in [2.24, 2.45) is 0 Å². The molecule has 0 aliphatic carbocycles. The van der Waals surface area contributed by atoms with Crippen LogP contribution < -0.4 is 10.0 Å². The van der Waals surface area contributed by atoms with Crippen molar-refractivity contribution >= 4 is 37.5 Å². The van der Waals surface area contributed by atoms with E-state index < -0.39 is 15.8 Å². The topological polar surface area (TPSA) is 71.1 Å². The Labute approximate surface area is 130 Å². The van der Waals surface area contributed by atoms with Crippen molar-refractivity contribution < 1.29 is 12.8 Å². The molecule has 112 valence electrons. The molecule has 0 radical (unpaired) electrons. The highest BCUT2D eigenvalue weighted by Crippen LogP contribution is 2.29. The molecule has 2 N–H and O–H groups in total. The largest absolute Gasteiger partial charge is 0.369 e. The molecule has 0 spiro atoms. The summed E-state index contributed by atoms with van der Waals surface area (Å²) in [6, 6.07) is 7.12. The normalized spacial score (nSPS) is 11.2. The van der Waals surface area contributed by atoms with Crippen LogP contribution in [-0.2, 0) is 10.0 Å². The predicted molar refractivity (Wildman–Crippen MR) is 83.3 cm³/mol. The number of rotatable bonds is 5. The van der Waals surface area contributed by atoms with Gasteiger partial charge >= 0.3 is 0 Å². The molecule has 1 aromatic carbocycles. The van der Waals surface area contributed by atoms with Crippen LogP contribution in [0.15, 0.2) is 45.9 Å². The lowest BCUT2D eigenvalue weighted by atomic mass is 10.3. The Morgan fingerprint density at radius 1 is 1.29 bits per heavy atom. The standard InChI is InChI=1S/C13H13BrFN3O2S/c1-2-16-13-11(7-4-8-17-13)21(19,20)18-12-9(14)5-3-6-10(12)15/h3-8,18H,2H2,1H3,(H,16,17). The van der Waals surface area contributed by atoms with Gasteiger partial charge in [-0.1, -0.05) is 6.07 Å². The number of para-hydroxylation sites is 1. The van der Waals surface area contributed by atoms with Crippen molar-refractivity contribution in [2.45, 2.75) is 11.8 Å². The van der Waals surface area contributed by atoms with E-state index in [1.807, 2.05) is 6.92 Å². The number of benzene rings is 1. The Kier molecular flexibility index (Phi) is 4.79. The molecule has 0 bridgehead atoms. The van der Waals surface area contributed by atoms with Gasteiger partial charge in [0.05, 0.1) is 5.69 Å². The quantitative estimate of drug-likeness (QED) is 0.843. The first-order valence-electron chi connectivity index (χ1n) is 6.11. The van der Waals surface area contributed by atoms with Crippen molar-refractivity contribution in [1.82, 2.24) is 4.98 Å². The van der Waals surface area contributed by atoms with Crippen molar-refractivity contribution in [3.05, 3.63) is 46.8 Å². The Hall–Kier alpha value is -1.67. The van der Waals surface area contributed by atoms with Crippen LogP contribution in [0.5, 0.6) is 0 Å². The second-order valence-corrected chi connectivity index (χ2v) is 6.59. The smallest absolute Gasteiger partial charge is 0.265 e. The van der Waals surface area contributed by atoms with E-state index in [9.17, 15) is 12.8 Å². The Morgan fingerprint density at radius 2 is 2.05 bits per heavy atom. The maximum Gasteiger partial charge on any atom is 0.265 e. The molecular formula is C13H13BrFN3O2S. The van der Waals surface area contributed by atoms with E-state index in [0.717, 1.165) is 0 Å². The minimum absolute atomic E-state index is 0.0398. The van der Waals surface area contributed by atoms with Gasteiger partial charge in [0.15, 0.2) is 0 Å². The summed E-state index contributed by atoms with van der Waals surface area (Å²) in [5.41, 5.74) is -0.135. The maximum atomic E-state index is 13.8. The predicted octanol–water partition coefficient (Wildman–Crippen LogP) is 3.22. The van der Waals surface area contributed by atoms with Gasteiger partial charge in [-0.25, -0.2) is 17.8 Å². The van der Waals surface area contributed by atoms with Gasteiger partial charge in [-0.05, 0) is 47.1 Å². The lowest BCUT2D eigenvalue weighted by Crippen LogP contribution is -2.17. The fourth-order valence-corrected chi connectivity index (χ4v) is 3.49. The van der Waals surface area contributed by atoms with E-state index in [4.69, 9.17) is 0 Å². The minimum Gasteiger partial charge on any atom is -0.369 e. The van der Waals surface area contributed by atoms with Crippen LogP contribution in [0, 0.1) is 5.82 Å². The number of aromatic nitrogens is 1. The maximum absolute atomic E-state index is 13.8. The van der Waals surface area contributed by atoms with Gasteiger partial charge in [-0.2, -0.15) is 0 Å². The molecular weight excluding hydrogens is 361 g/mol. The Bertz CT molecular complexity index is 733. The van der Waals surface area contributed by atoms with Crippen molar-refractivity contribution in [3.8, 4) is 0 Å². The molecule has 21 heavy (non-hydrogen) atoms. The van der Waals surface area contributed by atoms with E-state index in [-0.39, 0.29) is 16.4 Å². The van der Waals surface area contributed by atoms with Crippen LogP contribution in [-0.4, -0.2) is 19.9 Å². The first-order chi connectivity index (χ1) is 9.95. The van der Waals surface area contributed by atoms with Gasteiger partial charge in [-0.3, -0.25) is 4.72 Å². The van der Waals surface area contributed by atoms with E-state index in [1.54, 1.807) is 6.07 Å². The summed E-state index contributed by atoms with van der Waals surface area (Å²) in [5, 5.41) is 2.86. The summed E-state index contributed by atoms with van der Waals surface area (Å²) < 4.78 is 41.2. The monoisotopic (exact) mass is 373 g/mol. The van der Waals surface area contributed by atoms with Crippen LogP contribution in [0.25, 0.3) is 0 Å². The van der Waals surface area contributed by atoms with Crippen LogP contribution >= 0.6 is 15.9 Å².